The van der Waals surface area contributed by atoms with Crippen LogP contribution in [0.1, 0.15) is 24.9 Å². The molecule has 0 unspecified atom stereocenters. The molecule has 0 saturated heterocycles. The summed E-state index contributed by atoms with van der Waals surface area (Å²) in [5.74, 6) is -1.99. The lowest BCUT2D eigenvalue weighted by Gasteiger charge is -2.17. The van der Waals surface area contributed by atoms with Gasteiger partial charge in [-0.05, 0) is 17.7 Å². The minimum Gasteiger partial charge on any atom is -0.494 e. The van der Waals surface area contributed by atoms with E-state index in [4.69, 9.17) is 9.84 Å². The third-order valence-electron chi connectivity index (χ3n) is 2.33. The van der Waals surface area contributed by atoms with Gasteiger partial charge in [-0.2, -0.15) is 0 Å². The Morgan fingerprint density at radius 3 is 2.61 bits per heavy atom. The van der Waals surface area contributed by atoms with Gasteiger partial charge in [0.15, 0.2) is 11.6 Å². The molecule has 0 aliphatic heterocycles. The van der Waals surface area contributed by atoms with Crippen LogP contribution in [0.25, 0.3) is 0 Å². The molecule has 0 aliphatic carbocycles. The molecule has 6 heteroatoms. The molecule has 0 aromatic heterocycles. The summed E-state index contributed by atoms with van der Waals surface area (Å²) in [7, 11) is 1.33. The summed E-state index contributed by atoms with van der Waals surface area (Å²) in [6, 6.07) is 3.30. The van der Waals surface area contributed by atoms with Gasteiger partial charge in [0, 0.05) is 6.92 Å². The molecule has 0 spiro atoms. The number of methoxy groups -OCH3 is 1. The highest BCUT2D eigenvalue weighted by atomic mass is 19.1. The van der Waals surface area contributed by atoms with E-state index in [2.05, 4.69) is 5.32 Å². The van der Waals surface area contributed by atoms with Gasteiger partial charge in [0.1, 0.15) is 0 Å². The van der Waals surface area contributed by atoms with E-state index in [1.165, 1.54) is 26.2 Å². The SMILES string of the molecule is COc1ccc([C@@H](CC(=O)O)NC(C)=O)cc1F. The molecular formula is C12H14FNO4. The van der Waals surface area contributed by atoms with Gasteiger partial charge in [0.2, 0.25) is 5.91 Å². The van der Waals surface area contributed by atoms with Crippen molar-refractivity contribution in [3.8, 4) is 5.75 Å². The molecule has 2 N–H and O–H groups in total. The number of aliphatic carboxylic acids is 1. The van der Waals surface area contributed by atoms with Gasteiger partial charge in [-0.1, -0.05) is 6.07 Å². The molecule has 0 saturated carbocycles. The number of carboxylic acids is 1. The maximum atomic E-state index is 13.5. The van der Waals surface area contributed by atoms with E-state index < -0.39 is 17.8 Å². The average molecular weight is 255 g/mol. The highest BCUT2D eigenvalue weighted by Gasteiger charge is 2.18. The Hall–Kier alpha value is -2.11. The van der Waals surface area contributed by atoms with E-state index in [-0.39, 0.29) is 18.1 Å². The van der Waals surface area contributed by atoms with Crippen molar-refractivity contribution < 1.29 is 23.8 Å². The van der Waals surface area contributed by atoms with E-state index >= 15 is 0 Å². The Kier molecular flexibility index (Phi) is 4.65. The van der Waals surface area contributed by atoms with Crippen molar-refractivity contribution in [3.63, 3.8) is 0 Å². The minimum absolute atomic E-state index is 0.0654. The first-order valence-electron chi connectivity index (χ1n) is 5.26. The molecule has 1 aromatic carbocycles. The summed E-state index contributed by atoms with van der Waals surface area (Å²) in [6.07, 6.45) is -0.314. The number of carbonyl (C=O) groups is 2. The summed E-state index contributed by atoms with van der Waals surface area (Å²) >= 11 is 0. The summed E-state index contributed by atoms with van der Waals surface area (Å²) in [5, 5.41) is 11.2. The number of amides is 1. The number of nitrogens with one attached hydrogen (secondary N) is 1. The van der Waals surface area contributed by atoms with Gasteiger partial charge in [0.25, 0.3) is 0 Å². The Morgan fingerprint density at radius 1 is 1.50 bits per heavy atom. The van der Waals surface area contributed by atoms with Crippen molar-refractivity contribution in [2.24, 2.45) is 0 Å². The predicted molar refractivity (Wildman–Crippen MR) is 61.8 cm³/mol. The van der Waals surface area contributed by atoms with Gasteiger partial charge < -0.3 is 15.2 Å². The fraction of sp³-hybridized carbons (Fsp3) is 0.333. The highest BCUT2D eigenvalue weighted by molar-refractivity contribution is 5.75. The molecule has 0 bridgehead atoms. The van der Waals surface area contributed by atoms with Crippen LogP contribution in [0, 0.1) is 5.82 Å². The number of hydrogen-bond acceptors (Lipinski definition) is 3. The molecule has 5 nitrogen and oxygen atoms in total. The molecule has 18 heavy (non-hydrogen) atoms. The van der Waals surface area contributed by atoms with Crippen LogP contribution in [0.15, 0.2) is 18.2 Å². The van der Waals surface area contributed by atoms with Crippen molar-refractivity contribution in [3.05, 3.63) is 29.6 Å². The first-order chi connectivity index (χ1) is 8.43. The lowest BCUT2D eigenvalue weighted by atomic mass is 10.0. The third-order valence-corrected chi connectivity index (χ3v) is 2.33. The molecule has 98 valence electrons. The minimum atomic E-state index is -1.08. The number of carbonyl (C=O) groups excluding carboxylic acids is 1. The van der Waals surface area contributed by atoms with Crippen LogP contribution in [0.5, 0.6) is 5.75 Å². The Labute approximate surface area is 104 Å². The molecule has 1 rings (SSSR count). The van der Waals surface area contributed by atoms with Crippen molar-refractivity contribution in [1.82, 2.24) is 5.32 Å². The van der Waals surface area contributed by atoms with Crippen molar-refractivity contribution >= 4 is 11.9 Å². The number of ether oxygens (including phenoxy) is 1. The monoisotopic (exact) mass is 255 g/mol. The van der Waals surface area contributed by atoms with Crippen LogP contribution in [-0.4, -0.2) is 24.1 Å². The quantitative estimate of drug-likeness (QED) is 0.835. The van der Waals surface area contributed by atoms with Crippen LogP contribution in [0.2, 0.25) is 0 Å². The van der Waals surface area contributed by atoms with E-state index in [0.717, 1.165) is 6.07 Å². The number of halogens is 1. The van der Waals surface area contributed by atoms with Gasteiger partial charge in [-0.15, -0.1) is 0 Å². The fourth-order valence-corrected chi connectivity index (χ4v) is 1.57. The molecule has 1 aromatic rings. The Balaban J connectivity index is 3.00. The van der Waals surface area contributed by atoms with Gasteiger partial charge in [-0.25, -0.2) is 4.39 Å². The molecule has 0 aliphatic rings. The predicted octanol–water partition coefficient (Wildman–Crippen LogP) is 1.49. The lowest BCUT2D eigenvalue weighted by molar-refractivity contribution is -0.137. The maximum absolute atomic E-state index is 13.5. The summed E-state index contributed by atoms with van der Waals surface area (Å²) in [5.41, 5.74) is 0.380. The van der Waals surface area contributed by atoms with E-state index in [1.807, 2.05) is 0 Å². The van der Waals surface area contributed by atoms with Crippen LogP contribution < -0.4 is 10.1 Å². The molecule has 1 amide bonds. The first-order valence-corrected chi connectivity index (χ1v) is 5.26. The number of carboxylic acid groups (broad SMARTS) is 1. The molecule has 0 radical (unpaired) electrons. The standard InChI is InChI=1S/C12H14FNO4/c1-7(15)14-10(6-12(16)17)8-3-4-11(18-2)9(13)5-8/h3-5,10H,6H2,1-2H3,(H,14,15)(H,16,17)/t10-/m1/s1. The van der Waals surface area contributed by atoms with Gasteiger partial charge >= 0.3 is 5.97 Å². The number of rotatable bonds is 5. The average Bonchev–Trinajstić information content (AvgIpc) is 2.26. The lowest BCUT2D eigenvalue weighted by Crippen LogP contribution is -2.28. The van der Waals surface area contributed by atoms with E-state index in [0.29, 0.717) is 5.56 Å². The molecule has 0 fully saturated rings. The zero-order valence-electron chi connectivity index (χ0n) is 10.1. The van der Waals surface area contributed by atoms with E-state index in [1.54, 1.807) is 0 Å². The van der Waals surface area contributed by atoms with Crippen molar-refractivity contribution in [1.29, 1.82) is 0 Å². The van der Waals surface area contributed by atoms with Gasteiger partial charge in [0.05, 0.1) is 19.6 Å². The van der Waals surface area contributed by atoms with Crippen molar-refractivity contribution in [2.45, 2.75) is 19.4 Å². The number of benzene rings is 1. The topological polar surface area (TPSA) is 75.6 Å². The van der Waals surface area contributed by atoms with Crippen molar-refractivity contribution in [2.75, 3.05) is 7.11 Å². The van der Waals surface area contributed by atoms with Crippen LogP contribution >= 0.6 is 0 Å². The van der Waals surface area contributed by atoms with Gasteiger partial charge in [-0.3, -0.25) is 9.59 Å². The van der Waals surface area contributed by atoms with Crippen LogP contribution in [-0.2, 0) is 9.59 Å². The van der Waals surface area contributed by atoms with Crippen LogP contribution in [0.4, 0.5) is 4.39 Å². The first kappa shape index (κ1) is 14.0. The Morgan fingerprint density at radius 2 is 2.17 bits per heavy atom. The zero-order chi connectivity index (χ0) is 13.7. The van der Waals surface area contributed by atoms with Crippen LogP contribution in [0.3, 0.4) is 0 Å². The second-order valence-corrected chi connectivity index (χ2v) is 3.74. The third kappa shape index (κ3) is 3.73. The maximum Gasteiger partial charge on any atom is 0.305 e. The summed E-state index contributed by atoms with van der Waals surface area (Å²) in [4.78, 5) is 21.7. The second-order valence-electron chi connectivity index (χ2n) is 3.74. The fourth-order valence-electron chi connectivity index (χ4n) is 1.57. The Bertz CT molecular complexity index is 445. The largest absolute Gasteiger partial charge is 0.494 e. The molecule has 0 heterocycles. The normalized spacial score (nSPS) is 11.7. The molecule has 1 atom stereocenters. The molecular weight excluding hydrogens is 241 g/mol. The highest BCUT2D eigenvalue weighted by Crippen LogP contribution is 2.23. The zero-order valence-corrected chi connectivity index (χ0v) is 10.1. The second kappa shape index (κ2) is 6.00. The number of hydrogen-bond donors (Lipinski definition) is 2. The summed E-state index contributed by atoms with van der Waals surface area (Å²) < 4.78 is 18.3. The van der Waals surface area contributed by atoms with E-state index in [9.17, 15) is 14.0 Å². The summed E-state index contributed by atoms with van der Waals surface area (Å²) in [6.45, 7) is 1.27. The smallest absolute Gasteiger partial charge is 0.305 e.